The van der Waals surface area contributed by atoms with Crippen molar-refractivity contribution in [1.29, 1.82) is 0 Å². The van der Waals surface area contributed by atoms with Crippen LogP contribution < -0.4 is 0 Å². The second-order valence-electron chi connectivity index (χ2n) is 5.34. The van der Waals surface area contributed by atoms with Crippen LogP contribution in [0.3, 0.4) is 0 Å². The first-order valence-electron chi connectivity index (χ1n) is 6.93. The molecule has 0 bridgehead atoms. The van der Waals surface area contributed by atoms with Crippen LogP contribution >= 0.6 is 0 Å². The smallest absolute Gasteiger partial charge is 0.157 e. The van der Waals surface area contributed by atoms with Gasteiger partial charge in [0.05, 0.1) is 11.0 Å². The second-order valence-corrected chi connectivity index (χ2v) is 5.34. The monoisotopic (exact) mass is 272 g/mol. The maximum atomic E-state index is 4.46. The molecule has 3 heterocycles. The van der Waals surface area contributed by atoms with Crippen molar-refractivity contribution in [1.82, 2.24) is 19.5 Å². The van der Waals surface area contributed by atoms with Crippen LogP contribution in [0.1, 0.15) is 0 Å². The van der Waals surface area contributed by atoms with Crippen molar-refractivity contribution >= 4 is 43.9 Å². The zero-order valence-corrected chi connectivity index (χ0v) is 11.5. The Morgan fingerprint density at radius 1 is 0.905 bits per heavy atom. The minimum atomic E-state index is 0.841. The van der Waals surface area contributed by atoms with E-state index in [1.807, 2.05) is 0 Å². The van der Waals surface area contributed by atoms with Crippen LogP contribution in [0.5, 0.6) is 0 Å². The molecule has 4 nitrogen and oxygen atoms in total. The molecule has 0 aliphatic heterocycles. The SMILES string of the molecule is Cn1c2ccccc2c2c3[nH]c4nccnc4c3ccc21. The third kappa shape index (κ3) is 1.24. The summed E-state index contributed by atoms with van der Waals surface area (Å²) in [5, 5.41) is 3.62. The van der Waals surface area contributed by atoms with Crippen LogP contribution in [0.2, 0.25) is 0 Å². The lowest BCUT2D eigenvalue weighted by Gasteiger charge is -1.97. The van der Waals surface area contributed by atoms with E-state index in [9.17, 15) is 0 Å². The maximum Gasteiger partial charge on any atom is 0.157 e. The molecular formula is C17H12N4. The molecule has 0 spiro atoms. The van der Waals surface area contributed by atoms with Gasteiger partial charge in [0.15, 0.2) is 5.65 Å². The minimum Gasteiger partial charge on any atom is -0.344 e. The van der Waals surface area contributed by atoms with E-state index in [1.54, 1.807) is 12.4 Å². The number of benzene rings is 2. The van der Waals surface area contributed by atoms with Gasteiger partial charge in [0, 0.05) is 41.1 Å². The molecule has 2 aromatic carbocycles. The molecule has 21 heavy (non-hydrogen) atoms. The van der Waals surface area contributed by atoms with Gasteiger partial charge in [-0.3, -0.25) is 4.98 Å². The molecule has 4 heteroatoms. The highest BCUT2D eigenvalue weighted by Gasteiger charge is 2.14. The van der Waals surface area contributed by atoms with Gasteiger partial charge in [-0.25, -0.2) is 4.98 Å². The normalized spacial score (nSPS) is 12.0. The Bertz CT molecular complexity index is 1150. The number of para-hydroxylation sites is 1. The van der Waals surface area contributed by atoms with Gasteiger partial charge in [-0.05, 0) is 18.2 Å². The van der Waals surface area contributed by atoms with E-state index in [-0.39, 0.29) is 0 Å². The molecule has 0 amide bonds. The predicted octanol–water partition coefficient (Wildman–Crippen LogP) is 3.76. The molecule has 0 atom stereocenters. The van der Waals surface area contributed by atoms with Crippen LogP contribution in [0.15, 0.2) is 48.8 Å². The van der Waals surface area contributed by atoms with Gasteiger partial charge in [0.2, 0.25) is 0 Å². The fourth-order valence-corrected chi connectivity index (χ4v) is 3.32. The first-order valence-corrected chi connectivity index (χ1v) is 6.93. The highest BCUT2D eigenvalue weighted by Crippen LogP contribution is 2.35. The summed E-state index contributed by atoms with van der Waals surface area (Å²) < 4.78 is 2.23. The van der Waals surface area contributed by atoms with E-state index < -0.39 is 0 Å². The van der Waals surface area contributed by atoms with Crippen molar-refractivity contribution in [2.24, 2.45) is 7.05 Å². The lowest BCUT2D eigenvalue weighted by molar-refractivity contribution is 1.01. The number of aromatic nitrogens is 4. The number of rotatable bonds is 0. The second kappa shape index (κ2) is 3.61. The minimum absolute atomic E-state index is 0.841. The average Bonchev–Trinajstić information content (AvgIpc) is 3.04. The van der Waals surface area contributed by atoms with Gasteiger partial charge in [0.25, 0.3) is 0 Å². The molecule has 1 N–H and O–H groups in total. The summed E-state index contributed by atoms with van der Waals surface area (Å²) in [4.78, 5) is 12.3. The Balaban J connectivity index is 2.16. The maximum absolute atomic E-state index is 4.46. The Morgan fingerprint density at radius 3 is 2.71 bits per heavy atom. The molecule has 0 saturated carbocycles. The summed E-state index contributed by atoms with van der Waals surface area (Å²) in [7, 11) is 2.11. The van der Waals surface area contributed by atoms with Gasteiger partial charge in [-0.1, -0.05) is 18.2 Å². The van der Waals surface area contributed by atoms with Crippen molar-refractivity contribution in [2.45, 2.75) is 0 Å². The zero-order chi connectivity index (χ0) is 14.0. The van der Waals surface area contributed by atoms with Crippen LogP contribution in [0.25, 0.3) is 43.9 Å². The first kappa shape index (κ1) is 10.9. The fraction of sp³-hybridized carbons (Fsp3) is 0.0588. The van der Waals surface area contributed by atoms with Gasteiger partial charge < -0.3 is 9.55 Å². The van der Waals surface area contributed by atoms with Gasteiger partial charge in [-0.2, -0.15) is 0 Å². The van der Waals surface area contributed by atoms with Gasteiger partial charge in [-0.15, -0.1) is 0 Å². The molecule has 5 aromatic rings. The van der Waals surface area contributed by atoms with E-state index in [4.69, 9.17) is 0 Å². The zero-order valence-electron chi connectivity index (χ0n) is 11.5. The molecule has 5 rings (SSSR count). The molecule has 0 aliphatic carbocycles. The van der Waals surface area contributed by atoms with Crippen molar-refractivity contribution in [3.8, 4) is 0 Å². The van der Waals surface area contributed by atoms with Crippen LogP contribution in [0.4, 0.5) is 0 Å². The average molecular weight is 272 g/mol. The van der Waals surface area contributed by atoms with E-state index in [1.165, 1.54) is 21.8 Å². The van der Waals surface area contributed by atoms with E-state index in [0.29, 0.717) is 0 Å². The third-order valence-electron chi connectivity index (χ3n) is 4.28. The number of aromatic amines is 1. The van der Waals surface area contributed by atoms with E-state index in [2.05, 4.69) is 63.0 Å². The lowest BCUT2D eigenvalue weighted by Crippen LogP contribution is -1.85. The highest BCUT2D eigenvalue weighted by atomic mass is 14.9. The number of hydrogen-bond donors (Lipinski definition) is 1. The summed E-state index contributed by atoms with van der Waals surface area (Å²) in [6.07, 6.45) is 3.46. The third-order valence-corrected chi connectivity index (χ3v) is 4.28. The van der Waals surface area contributed by atoms with Gasteiger partial charge >= 0.3 is 0 Å². The number of nitrogens with one attached hydrogen (secondary N) is 1. The molecule has 0 fully saturated rings. The molecular weight excluding hydrogens is 260 g/mol. The Morgan fingerprint density at radius 2 is 1.76 bits per heavy atom. The summed E-state index contributed by atoms with van der Waals surface area (Å²) in [6, 6.07) is 12.8. The molecule has 0 aliphatic rings. The van der Waals surface area contributed by atoms with E-state index >= 15 is 0 Å². The predicted molar refractivity (Wildman–Crippen MR) is 85.4 cm³/mol. The standard InChI is InChI=1S/C17H12N4/c1-21-12-5-3-2-4-10(12)14-13(21)7-6-11-15(14)20-17-16(11)18-8-9-19-17/h2-9H,1H3,(H,19,20). The summed E-state index contributed by atoms with van der Waals surface area (Å²) in [5.41, 5.74) is 5.34. The molecule has 3 aromatic heterocycles. The largest absolute Gasteiger partial charge is 0.344 e. The number of aryl methyl sites for hydroxylation is 1. The highest BCUT2D eigenvalue weighted by molar-refractivity contribution is 6.23. The quantitative estimate of drug-likeness (QED) is 0.466. The topological polar surface area (TPSA) is 46.5 Å². The van der Waals surface area contributed by atoms with Crippen molar-refractivity contribution in [3.05, 3.63) is 48.8 Å². The Kier molecular flexibility index (Phi) is 1.86. The summed E-state index contributed by atoms with van der Waals surface area (Å²) in [5.74, 6) is 0. The Hall–Kier alpha value is -2.88. The van der Waals surface area contributed by atoms with Gasteiger partial charge in [0.1, 0.15) is 5.52 Å². The summed E-state index contributed by atoms with van der Waals surface area (Å²) >= 11 is 0. The van der Waals surface area contributed by atoms with Crippen molar-refractivity contribution in [2.75, 3.05) is 0 Å². The van der Waals surface area contributed by atoms with Crippen LogP contribution in [-0.4, -0.2) is 19.5 Å². The van der Waals surface area contributed by atoms with E-state index in [0.717, 1.165) is 22.1 Å². The summed E-state index contributed by atoms with van der Waals surface area (Å²) in [6.45, 7) is 0. The van der Waals surface area contributed by atoms with Crippen molar-refractivity contribution in [3.63, 3.8) is 0 Å². The lowest BCUT2D eigenvalue weighted by atomic mass is 10.1. The van der Waals surface area contributed by atoms with Crippen LogP contribution in [0, 0.1) is 0 Å². The fourth-order valence-electron chi connectivity index (χ4n) is 3.32. The molecule has 0 unspecified atom stereocenters. The Labute approximate surface area is 120 Å². The molecule has 100 valence electrons. The molecule has 0 saturated heterocycles. The number of fused-ring (bicyclic) bond motifs is 7. The first-order chi connectivity index (χ1) is 10.3. The number of H-pyrrole nitrogens is 1. The molecule has 0 radical (unpaired) electrons. The number of nitrogens with zero attached hydrogens (tertiary/aromatic N) is 3. The number of hydrogen-bond acceptors (Lipinski definition) is 2. The van der Waals surface area contributed by atoms with Crippen molar-refractivity contribution < 1.29 is 0 Å². The van der Waals surface area contributed by atoms with Crippen LogP contribution in [-0.2, 0) is 7.05 Å².